The predicted molar refractivity (Wildman–Crippen MR) is 108 cm³/mol. The third-order valence-corrected chi connectivity index (χ3v) is 15.5. The van der Waals surface area contributed by atoms with Gasteiger partial charge in [-0.2, -0.15) is 0 Å². The van der Waals surface area contributed by atoms with Gasteiger partial charge >= 0.3 is 156 Å². The van der Waals surface area contributed by atoms with E-state index in [1.165, 1.54) is 20.9 Å². The molecule has 0 radical (unpaired) electrons. The molecule has 2 aliphatic heterocycles. The molecule has 1 fully saturated rings. The van der Waals surface area contributed by atoms with Crippen molar-refractivity contribution in [2.45, 2.75) is 9.79 Å². The summed E-state index contributed by atoms with van der Waals surface area (Å²) < 4.78 is 13.2. The van der Waals surface area contributed by atoms with Crippen LogP contribution in [0.4, 0.5) is 0 Å². The Morgan fingerprint density at radius 3 is 1.64 bits per heavy atom. The normalized spacial score (nSPS) is 21.5. The minimum absolute atomic E-state index is 0.636. The molecular weight excluding hydrogens is 367 g/mol. The molecule has 5 heteroatoms. The molecule has 25 heavy (non-hydrogen) atoms. The molecule has 2 aliphatic rings. The van der Waals surface area contributed by atoms with Gasteiger partial charge in [-0.1, -0.05) is 0 Å². The number of benzene rings is 3. The van der Waals surface area contributed by atoms with Crippen LogP contribution in [-0.4, -0.2) is 13.2 Å². The van der Waals surface area contributed by atoms with Crippen LogP contribution >= 0.6 is 28.2 Å². The molecule has 1 spiro atoms. The van der Waals surface area contributed by atoms with Gasteiger partial charge in [0.1, 0.15) is 0 Å². The van der Waals surface area contributed by atoms with E-state index in [9.17, 15) is 0 Å². The summed E-state index contributed by atoms with van der Waals surface area (Å²) >= 11 is 3.59. The standard InChI is InChI=1S/C20H17O2PS2/c1-2-8-16(9-3-1)23(21-14-15-22-23)24-19-12-6-4-10-17(19)18-11-5-7-13-20(18)25-23/h1-13H,14-15H2. The van der Waals surface area contributed by atoms with Crippen LogP contribution in [0.5, 0.6) is 0 Å². The second-order valence-corrected chi connectivity index (χ2v) is 15.7. The Morgan fingerprint density at radius 1 is 0.600 bits per heavy atom. The van der Waals surface area contributed by atoms with Gasteiger partial charge in [-0.15, -0.1) is 0 Å². The Morgan fingerprint density at radius 2 is 1.08 bits per heavy atom. The first kappa shape index (κ1) is 15.9. The van der Waals surface area contributed by atoms with E-state index in [2.05, 4.69) is 72.8 Å². The van der Waals surface area contributed by atoms with Crippen LogP contribution in [0.1, 0.15) is 0 Å². The summed E-state index contributed by atoms with van der Waals surface area (Å²) in [5.41, 5.74) is -0.652. The zero-order chi connectivity index (χ0) is 16.8. The number of fused-ring (bicyclic) bond motifs is 3. The van der Waals surface area contributed by atoms with Crippen LogP contribution < -0.4 is 5.30 Å². The van der Waals surface area contributed by atoms with Gasteiger partial charge in [0.2, 0.25) is 0 Å². The fourth-order valence-electron chi connectivity index (χ4n) is 3.35. The summed E-state index contributed by atoms with van der Waals surface area (Å²) in [6, 6.07) is 27.7. The topological polar surface area (TPSA) is 18.5 Å². The molecule has 0 bridgehead atoms. The van der Waals surface area contributed by atoms with E-state index in [1.54, 1.807) is 22.8 Å². The summed E-state index contributed by atoms with van der Waals surface area (Å²) in [7, 11) is 0. The van der Waals surface area contributed by atoms with E-state index in [-0.39, 0.29) is 0 Å². The van der Waals surface area contributed by atoms with Gasteiger partial charge in [0.15, 0.2) is 0 Å². The van der Waals surface area contributed by atoms with E-state index in [1.807, 2.05) is 6.07 Å². The maximum absolute atomic E-state index is 6.58. The number of hydrogen-bond acceptors (Lipinski definition) is 4. The molecule has 0 aromatic heterocycles. The fourth-order valence-corrected chi connectivity index (χ4v) is 14.9. The number of hydrogen-bond donors (Lipinski definition) is 0. The Balaban J connectivity index is 1.84. The molecule has 0 saturated carbocycles. The van der Waals surface area contributed by atoms with Crippen molar-refractivity contribution in [3.8, 4) is 11.1 Å². The maximum atomic E-state index is 6.58. The second kappa shape index (κ2) is 5.87. The average molecular weight is 384 g/mol. The van der Waals surface area contributed by atoms with E-state index in [4.69, 9.17) is 9.05 Å². The Labute approximate surface area is 155 Å². The van der Waals surface area contributed by atoms with Gasteiger partial charge in [0.25, 0.3) is 0 Å². The second-order valence-electron chi connectivity index (χ2n) is 5.99. The van der Waals surface area contributed by atoms with E-state index >= 15 is 0 Å². The summed E-state index contributed by atoms with van der Waals surface area (Å²) in [6.07, 6.45) is 0. The first-order valence-electron chi connectivity index (χ1n) is 8.25. The van der Waals surface area contributed by atoms with Crippen molar-refractivity contribution in [3.05, 3.63) is 78.9 Å². The zero-order valence-corrected chi connectivity index (χ0v) is 16.0. The van der Waals surface area contributed by atoms with Crippen molar-refractivity contribution in [2.24, 2.45) is 0 Å². The molecule has 1 saturated heterocycles. The van der Waals surface area contributed by atoms with E-state index in [0.29, 0.717) is 13.2 Å². The molecule has 126 valence electrons. The summed E-state index contributed by atoms with van der Waals surface area (Å²) in [6.45, 7) is 1.27. The molecule has 3 aromatic rings. The zero-order valence-electron chi connectivity index (χ0n) is 13.5. The Kier molecular flexibility index (Phi) is 3.74. The molecular formula is C20H17O2PS2. The van der Waals surface area contributed by atoms with Crippen LogP contribution in [0.3, 0.4) is 0 Å². The quantitative estimate of drug-likeness (QED) is 0.469. The molecule has 5 rings (SSSR count). The SMILES string of the molecule is c1ccc(P23(OCCO2)Sc2ccccc2-c2ccccc2S3)cc1. The molecule has 0 unspecified atom stereocenters. The van der Waals surface area contributed by atoms with Crippen LogP contribution in [0.25, 0.3) is 11.1 Å². The molecule has 0 amide bonds. The van der Waals surface area contributed by atoms with Crippen molar-refractivity contribution in [1.82, 2.24) is 0 Å². The van der Waals surface area contributed by atoms with Gasteiger partial charge in [-0.25, -0.2) is 0 Å². The van der Waals surface area contributed by atoms with Crippen LogP contribution in [0.15, 0.2) is 88.7 Å². The molecule has 0 aliphatic carbocycles. The van der Waals surface area contributed by atoms with Gasteiger partial charge in [-0.05, 0) is 0 Å². The monoisotopic (exact) mass is 384 g/mol. The predicted octanol–water partition coefficient (Wildman–Crippen LogP) is 6.14. The fraction of sp³-hybridized carbons (Fsp3) is 0.100. The molecule has 2 nitrogen and oxygen atoms in total. The third-order valence-electron chi connectivity index (χ3n) is 4.46. The van der Waals surface area contributed by atoms with Crippen LogP contribution in [-0.2, 0) is 9.05 Å². The van der Waals surface area contributed by atoms with Crippen molar-refractivity contribution < 1.29 is 9.05 Å². The van der Waals surface area contributed by atoms with Gasteiger partial charge in [0.05, 0.1) is 0 Å². The molecule has 2 heterocycles. The average Bonchev–Trinajstić information content (AvgIpc) is 3.03. The molecule has 0 atom stereocenters. The first-order chi connectivity index (χ1) is 12.3. The van der Waals surface area contributed by atoms with Crippen molar-refractivity contribution in [2.75, 3.05) is 13.2 Å². The van der Waals surface area contributed by atoms with Crippen molar-refractivity contribution in [3.63, 3.8) is 0 Å². The Hall–Kier alpha value is -1.29. The van der Waals surface area contributed by atoms with Crippen molar-refractivity contribution >= 4 is 33.5 Å². The van der Waals surface area contributed by atoms with Gasteiger partial charge in [-0.3, -0.25) is 0 Å². The molecule has 3 aromatic carbocycles. The summed E-state index contributed by atoms with van der Waals surface area (Å²) in [5.74, 6) is 0. The number of rotatable bonds is 1. The third kappa shape index (κ3) is 2.40. The van der Waals surface area contributed by atoms with E-state index < -0.39 is 5.46 Å². The van der Waals surface area contributed by atoms with Gasteiger partial charge < -0.3 is 0 Å². The minimum atomic E-state index is -3.16. The molecule has 0 N–H and O–H groups in total. The van der Waals surface area contributed by atoms with E-state index in [0.717, 1.165) is 5.30 Å². The Bertz CT molecular complexity index is 888. The van der Waals surface area contributed by atoms with Crippen LogP contribution in [0.2, 0.25) is 0 Å². The summed E-state index contributed by atoms with van der Waals surface area (Å²) in [5, 5.41) is 1.16. The first-order valence-corrected chi connectivity index (χ1v) is 13.2. The summed E-state index contributed by atoms with van der Waals surface area (Å²) in [4.78, 5) is 2.45. The van der Waals surface area contributed by atoms with Crippen molar-refractivity contribution in [1.29, 1.82) is 0 Å². The van der Waals surface area contributed by atoms with Crippen LogP contribution in [0, 0.1) is 0 Å². The van der Waals surface area contributed by atoms with Gasteiger partial charge in [0, 0.05) is 0 Å².